The molecule has 0 aliphatic heterocycles. The lowest BCUT2D eigenvalue weighted by Gasteiger charge is -2.14. The number of nitrogens with one attached hydrogen (secondary N) is 1. The maximum absolute atomic E-state index is 12.4. The van der Waals surface area contributed by atoms with Gasteiger partial charge in [0.05, 0.1) is 0 Å². The fourth-order valence-electron chi connectivity index (χ4n) is 2.21. The van der Waals surface area contributed by atoms with E-state index in [1.807, 2.05) is 19.1 Å². The van der Waals surface area contributed by atoms with Gasteiger partial charge in [-0.3, -0.25) is 9.59 Å². The van der Waals surface area contributed by atoms with Crippen molar-refractivity contribution in [1.29, 1.82) is 0 Å². The number of hydrogen-bond donors (Lipinski definition) is 2. The molecule has 0 unspecified atom stereocenters. The Morgan fingerprint density at radius 2 is 1.96 bits per heavy atom. The Labute approximate surface area is 142 Å². The number of nitrogens with two attached hydrogens (primary N) is 1. The summed E-state index contributed by atoms with van der Waals surface area (Å²) in [6.07, 6.45) is 0. The molecule has 24 heavy (non-hydrogen) atoms. The Morgan fingerprint density at radius 1 is 1.21 bits per heavy atom. The third-order valence-electron chi connectivity index (χ3n) is 3.38. The maximum Gasteiger partial charge on any atom is 0.271 e. The van der Waals surface area contributed by atoms with Gasteiger partial charge in [-0.15, -0.1) is 11.3 Å². The zero-order chi connectivity index (χ0) is 17.1. The highest BCUT2D eigenvalue weighted by Crippen LogP contribution is 2.25. The topological polar surface area (TPSA) is 98.2 Å². The highest BCUT2D eigenvalue weighted by atomic mass is 32.1. The summed E-state index contributed by atoms with van der Waals surface area (Å²) < 4.78 is 5.49. The lowest BCUT2D eigenvalue weighted by molar-refractivity contribution is -0.120. The molecular weight excluding hydrogens is 326 g/mol. The molecule has 0 spiro atoms. The Hall–Kier alpha value is -2.93. The van der Waals surface area contributed by atoms with Crippen molar-refractivity contribution in [2.24, 2.45) is 5.73 Å². The summed E-state index contributed by atoms with van der Waals surface area (Å²) in [5.41, 5.74) is 6.24. The van der Waals surface area contributed by atoms with Crippen LogP contribution in [0, 0.1) is 6.92 Å². The van der Waals surface area contributed by atoms with Crippen LogP contribution in [0.4, 0.5) is 0 Å². The van der Waals surface area contributed by atoms with Gasteiger partial charge in [0.15, 0.2) is 10.8 Å². The van der Waals surface area contributed by atoms with Crippen LogP contribution in [0.1, 0.15) is 27.9 Å². The number of nitrogens with zero attached hydrogens (tertiary/aromatic N) is 1. The number of carbonyl (C=O) groups is 2. The van der Waals surface area contributed by atoms with Gasteiger partial charge < -0.3 is 15.5 Å². The van der Waals surface area contributed by atoms with Gasteiger partial charge >= 0.3 is 0 Å². The number of aromatic nitrogens is 1. The fraction of sp³-hybridized carbons (Fsp3) is 0.118. The van der Waals surface area contributed by atoms with E-state index in [4.69, 9.17) is 10.2 Å². The van der Waals surface area contributed by atoms with Gasteiger partial charge in [-0.2, -0.15) is 0 Å². The van der Waals surface area contributed by atoms with E-state index in [0.717, 1.165) is 5.76 Å². The minimum absolute atomic E-state index is 0.214. The molecule has 1 aromatic carbocycles. The number of amides is 2. The number of aryl methyl sites for hydroxylation is 1. The molecule has 122 valence electrons. The number of carbonyl (C=O) groups excluding carboxylic acids is 2. The molecule has 0 saturated heterocycles. The van der Waals surface area contributed by atoms with Gasteiger partial charge in [-0.25, -0.2) is 4.98 Å². The largest absolute Gasteiger partial charge is 0.459 e. The van der Waals surface area contributed by atoms with Gasteiger partial charge in [0.1, 0.15) is 17.5 Å². The third-order valence-corrected chi connectivity index (χ3v) is 4.24. The van der Waals surface area contributed by atoms with Gasteiger partial charge in [0, 0.05) is 5.38 Å². The van der Waals surface area contributed by atoms with Crippen molar-refractivity contribution in [1.82, 2.24) is 10.3 Å². The molecule has 0 saturated carbocycles. The smallest absolute Gasteiger partial charge is 0.271 e. The SMILES string of the molecule is Cc1ccc(-c2nc(C(=O)N[C@H](C(N)=O)c3ccccc3)cs2)o1. The molecular formula is C17H15N3O3S. The predicted molar refractivity (Wildman–Crippen MR) is 90.4 cm³/mol. The van der Waals surface area contributed by atoms with E-state index >= 15 is 0 Å². The number of hydrogen-bond acceptors (Lipinski definition) is 5. The summed E-state index contributed by atoms with van der Waals surface area (Å²) in [6.45, 7) is 1.84. The van der Waals surface area contributed by atoms with E-state index in [-0.39, 0.29) is 5.69 Å². The monoisotopic (exact) mass is 341 g/mol. The van der Waals surface area contributed by atoms with Crippen molar-refractivity contribution in [3.05, 3.63) is 64.9 Å². The van der Waals surface area contributed by atoms with E-state index in [9.17, 15) is 9.59 Å². The number of primary amides is 1. The van der Waals surface area contributed by atoms with E-state index in [2.05, 4.69) is 10.3 Å². The average molecular weight is 341 g/mol. The van der Waals surface area contributed by atoms with Gasteiger partial charge in [0.25, 0.3) is 5.91 Å². The standard InChI is InChI=1S/C17H15N3O3S/c1-10-7-8-13(23-10)17-19-12(9-24-17)16(22)20-14(15(18)21)11-5-3-2-4-6-11/h2-9,14H,1H3,(H2,18,21)(H,20,22)/t14-/m0/s1. The van der Waals surface area contributed by atoms with Crippen LogP contribution in [-0.2, 0) is 4.79 Å². The second-order valence-electron chi connectivity index (χ2n) is 5.17. The molecule has 0 fully saturated rings. The number of furan rings is 1. The van der Waals surface area contributed by atoms with Gasteiger partial charge in [-0.1, -0.05) is 30.3 Å². The second kappa shape index (κ2) is 6.67. The Balaban J connectivity index is 1.79. The van der Waals surface area contributed by atoms with E-state index < -0.39 is 17.9 Å². The third kappa shape index (κ3) is 3.36. The molecule has 2 heterocycles. The summed E-state index contributed by atoms with van der Waals surface area (Å²) in [6, 6.07) is 11.5. The molecule has 0 radical (unpaired) electrons. The first kappa shape index (κ1) is 15.9. The summed E-state index contributed by atoms with van der Waals surface area (Å²) >= 11 is 1.29. The highest BCUT2D eigenvalue weighted by Gasteiger charge is 2.22. The average Bonchev–Trinajstić information content (AvgIpc) is 3.21. The maximum atomic E-state index is 12.4. The second-order valence-corrected chi connectivity index (χ2v) is 6.03. The van der Waals surface area contributed by atoms with Crippen molar-refractivity contribution >= 4 is 23.2 Å². The van der Waals surface area contributed by atoms with Crippen LogP contribution in [0.2, 0.25) is 0 Å². The first-order valence-corrected chi connectivity index (χ1v) is 8.10. The summed E-state index contributed by atoms with van der Waals surface area (Å²) in [4.78, 5) is 28.3. The molecule has 3 aromatic rings. The Kier molecular flexibility index (Phi) is 4.43. The van der Waals surface area contributed by atoms with Crippen molar-refractivity contribution in [2.45, 2.75) is 13.0 Å². The minimum Gasteiger partial charge on any atom is -0.459 e. The first-order chi connectivity index (χ1) is 11.5. The van der Waals surface area contributed by atoms with E-state index in [1.54, 1.807) is 35.7 Å². The minimum atomic E-state index is -0.908. The number of rotatable bonds is 5. The fourth-order valence-corrected chi connectivity index (χ4v) is 2.97. The molecule has 0 aliphatic rings. The van der Waals surface area contributed by atoms with Crippen LogP contribution >= 0.6 is 11.3 Å². The predicted octanol–water partition coefficient (Wildman–Crippen LogP) is 2.67. The van der Waals surface area contributed by atoms with E-state index in [0.29, 0.717) is 16.3 Å². The van der Waals surface area contributed by atoms with Crippen LogP contribution in [-0.4, -0.2) is 16.8 Å². The molecule has 7 heteroatoms. The van der Waals surface area contributed by atoms with Gasteiger partial charge in [0.2, 0.25) is 5.91 Å². The molecule has 2 amide bonds. The highest BCUT2D eigenvalue weighted by molar-refractivity contribution is 7.13. The Morgan fingerprint density at radius 3 is 2.58 bits per heavy atom. The molecule has 3 N–H and O–H groups in total. The van der Waals surface area contributed by atoms with Crippen molar-refractivity contribution in [3.63, 3.8) is 0 Å². The molecule has 3 rings (SSSR count). The van der Waals surface area contributed by atoms with Crippen molar-refractivity contribution in [2.75, 3.05) is 0 Å². The van der Waals surface area contributed by atoms with Crippen LogP contribution in [0.25, 0.3) is 10.8 Å². The van der Waals surface area contributed by atoms with Crippen molar-refractivity contribution < 1.29 is 14.0 Å². The van der Waals surface area contributed by atoms with Crippen molar-refractivity contribution in [3.8, 4) is 10.8 Å². The Bertz CT molecular complexity index is 870. The quantitative estimate of drug-likeness (QED) is 0.745. The van der Waals surface area contributed by atoms with Crippen LogP contribution < -0.4 is 11.1 Å². The molecule has 6 nitrogen and oxygen atoms in total. The first-order valence-electron chi connectivity index (χ1n) is 7.22. The molecule has 0 bridgehead atoms. The molecule has 2 aromatic heterocycles. The summed E-state index contributed by atoms with van der Waals surface area (Å²) in [7, 11) is 0. The van der Waals surface area contributed by atoms with Gasteiger partial charge in [-0.05, 0) is 24.6 Å². The lowest BCUT2D eigenvalue weighted by atomic mass is 10.1. The normalized spacial score (nSPS) is 11.9. The summed E-state index contributed by atoms with van der Waals surface area (Å²) in [5.74, 6) is 0.273. The molecule has 1 atom stereocenters. The van der Waals surface area contributed by atoms with E-state index in [1.165, 1.54) is 11.3 Å². The zero-order valence-corrected chi connectivity index (χ0v) is 13.7. The zero-order valence-electron chi connectivity index (χ0n) is 12.9. The summed E-state index contributed by atoms with van der Waals surface area (Å²) in [5, 5.41) is 4.84. The van der Waals surface area contributed by atoms with Crippen LogP contribution in [0.5, 0.6) is 0 Å². The van der Waals surface area contributed by atoms with Crippen LogP contribution in [0.15, 0.2) is 52.3 Å². The number of benzene rings is 1. The molecule has 0 aliphatic carbocycles. The number of thiazole rings is 1. The van der Waals surface area contributed by atoms with Crippen LogP contribution in [0.3, 0.4) is 0 Å². The lowest BCUT2D eigenvalue weighted by Crippen LogP contribution is -2.37.